The van der Waals surface area contributed by atoms with Gasteiger partial charge in [0.25, 0.3) is 5.91 Å². The number of amides is 1. The molecule has 4 rings (SSSR count). The molecule has 6 nitrogen and oxygen atoms in total. The highest BCUT2D eigenvalue weighted by Gasteiger charge is 2.43. The third-order valence-corrected chi connectivity index (χ3v) is 5.14. The number of aromatic nitrogens is 2. The van der Waals surface area contributed by atoms with Gasteiger partial charge in [-0.2, -0.15) is 0 Å². The third-order valence-electron chi connectivity index (χ3n) is 5.14. The standard InChI is InChI=1S/C16H22N4O2/c21-16(19-6-1-2-7-19)13-9-12-4-8-20(10-14(12)22-13)15-3-5-17-11-18-15/h3,5,11-14H,1-2,4,6-10H2/t12-,13+,14+/m0/s1. The van der Waals surface area contributed by atoms with E-state index in [2.05, 4.69) is 14.9 Å². The summed E-state index contributed by atoms with van der Waals surface area (Å²) < 4.78 is 6.12. The molecule has 1 amide bonds. The van der Waals surface area contributed by atoms with Crippen molar-refractivity contribution in [2.24, 2.45) is 5.92 Å². The smallest absolute Gasteiger partial charge is 0.251 e. The van der Waals surface area contributed by atoms with Crippen LogP contribution >= 0.6 is 0 Å². The van der Waals surface area contributed by atoms with Crippen molar-refractivity contribution in [1.82, 2.24) is 14.9 Å². The highest BCUT2D eigenvalue weighted by molar-refractivity contribution is 5.81. The first kappa shape index (κ1) is 13.9. The van der Waals surface area contributed by atoms with Gasteiger partial charge in [0.1, 0.15) is 18.2 Å². The highest BCUT2D eigenvalue weighted by Crippen LogP contribution is 2.35. The van der Waals surface area contributed by atoms with Crippen LogP contribution in [0.1, 0.15) is 25.7 Å². The summed E-state index contributed by atoms with van der Waals surface area (Å²) in [4.78, 5) is 25.0. The summed E-state index contributed by atoms with van der Waals surface area (Å²) >= 11 is 0. The van der Waals surface area contributed by atoms with E-state index in [0.717, 1.165) is 57.7 Å². The van der Waals surface area contributed by atoms with Gasteiger partial charge in [-0.25, -0.2) is 9.97 Å². The van der Waals surface area contributed by atoms with E-state index >= 15 is 0 Å². The molecule has 3 aliphatic heterocycles. The predicted molar refractivity (Wildman–Crippen MR) is 81.4 cm³/mol. The molecule has 22 heavy (non-hydrogen) atoms. The molecule has 4 heterocycles. The number of hydrogen-bond acceptors (Lipinski definition) is 5. The lowest BCUT2D eigenvalue weighted by molar-refractivity contribution is -0.141. The van der Waals surface area contributed by atoms with E-state index in [0.29, 0.717) is 5.92 Å². The van der Waals surface area contributed by atoms with Crippen LogP contribution in [0.5, 0.6) is 0 Å². The van der Waals surface area contributed by atoms with Crippen LogP contribution in [0.15, 0.2) is 18.6 Å². The number of hydrogen-bond donors (Lipinski definition) is 0. The van der Waals surface area contributed by atoms with Crippen molar-refractivity contribution >= 4 is 11.7 Å². The van der Waals surface area contributed by atoms with Crippen molar-refractivity contribution in [3.63, 3.8) is 0 Å². The van der Waals surface area contributed by atoms with E-state index < -0.39 is 0 Å². The van der Waals surface area contributed by atoms with Crippen LogP contribution in [0.2, 0.25) is 0 Å². The van der Waals surface area contributed by atoms with Crippen molar-refractivity contribution in [3.05, 3.63) is 18.6 Å². The molecule has 0 N–H and O–H groups in total. The molecular formula is C16H22N4O2. The van der Waals surface area contributed by atoms with Crippen molar-refractivity contribution in [3.8, 4) is 0 Å². The molecule has 0 aromatic carbocycles. The Morgan fingerprint density at radius 1 is 1.27 bits per heavy atom. The van der Waals surface area contributed by atoms with Crippen LogP contribution < -0.4 is 4.90 Å². The Balaban J connectivity index is 1.40. The zero-order chi connectivity index (χ0) is 14.9. The third kappa shape index (κ3) is 2.56. The van der Waals surface area contributed by atoms with Crippen LogP contribution in [-0.2, 0) is 9.53 Å². The molecule has 0 saturated carbocycles. The minimum absolute atomic E-state index is 0.153. The minimum atomic E-state index is -0.224. The van der Waals surface area contributed by atoms with E-state index in [1.807, 2.05) is 11.0 Å². The van der Waals surface area contributed by atoms with Crippen molar-refractivity contribution in [1.29, 1.82) is 0 Å². The molecule has 0 unspecified atom stereocenters. The van der Waals surface area contributed by atoms with Crippen LogP contribution in [0.25, 0.3) is 0 Å². The summed E-state index contributed by atoms with van der Waals surface area (Å²) in [5, 5.41) is 0. The SMILES string of the molecule is O=C([C@H]1C[C@@H]2CCN(c3ccncn3)C[C@H]2O1)N1CCCC1. The number of carbonyl (C=O) groups is 1. The average molecular weight is 302 g/mol. The zero-order valence-electron chi connectivity index (χ0n) is 12.7. The lowest BCUT2D eigenvalue weighted by Crippen LogP contribution is -2.43. The second kappa shape index (κ2) is 5.83. The van der Waals surface area contributed by atoms with E-state index in [4.69, 9.17) is 4.74 Å². The van der Waals surface area contributed by atoms with Gasteiger partial charge >= 0.3 is 0 Å². The Bertz CT molecular complexity index is 532. The average Bonchev–Trinajstić information content (AvgIpc) is 3.23. The van der Waals surface area contributed by atoms with Gasteiger partial charge in [-0.15, -0.1) is 0 Å². The molecule has 3 atom stereocenters. The van der Waals surface area contributed by atoms with Gasteiger partial charge < -0.3 is 14.5 Å². The van der Waals surface area contributed by atoms with Crippen LogP contribution in [0.3, 0.4) is 0 Å². The number of ether oxygens (including phenoxy) is 1. The molecule has 1 aromatic heterocycles. The van der Waals surface area contributed by atoms with Crippen molar-refractivity contribution < 1.29 is 9.53 Å². The van der Waals surface area contributed by atoms with Crippen LogP contribution in [-0.4, -0.2) is 59.2 Å². The van der Waals surface area contributed by atoms with E-state index in [1.54, 1.807) is 12.5 Å². The molecule has 6 heteroatoms. The molecule has 3 saturated heterocycles. The largest absolute Gasteiger partial charge is 0.363 e. The molecule has 0 aliphatic carbocycles. The normalized spacial score (nSPS) is 31.4. The van der Waals surface area contributed by atoms with Gasteiger partial charge in [0.15, 0.2) is 0 Å². The summed E-state index contributed by atoms with van der Waals surface area (Å²) in [6.07, 6.45) is 7.49. The quantitative estimate of drug-likeness (QED) is 0.818. The van der Waals surface area contributed by atoms with Crippen molar-refractivity contribution in [2.45, 2.75) is 37.9 Å². The number of likely N-dealkylation sites (tertiary alicyclic amines) is 1. The molecule has 0 spiro atoms. The summed E-state index contributed by atoms with van der Waals surface area (Å²) in [6, 6.07) is 1.93. The predicted octanol–water partition coefficient (Wildman–Crippen LogP) is 1.08. The molecule has 118 valence electrons. The number of anilines is 1. The maximum absolute atomic E-state index is 12.5. The number of fused-ring (bicyclic) bond motifs is 1. The molecule has 0 bridgehead atoms. The fraction of sp³-hybridized carbons (Fsp3) is 0.688. The first-order valence-electron chi connectivity index (χ1n) is 8.26. The summed E-state index contributed by atoms with van der Waals surface area (Å²) in [5.41, 5.74) is 0. The Morgan fingerprint density at radius 2 is 2.14 bits per heavy atom. The molecule has 3 fully saturated rings. The van der Waals surface area contributed by atoms with Gasteiger partial charge in [-0.1, -0.05) is 0 Å². The Kier molecular flexibility index (Phi) is 3.70. The molecule has 1 aromatic rings. The maximum atomic E-state index is 12.5. The Morgan fingerprint density at radius 3 is 2.91 bits per heavy atom. The van der Waals surface area contributed by atoms with E-state index in [1.165, 1.54) is 0 Å². The molecule has 3 aliphatic rings. The molecule has 0 radical (unpaired) electrons. The molecular weight excluding hydrogens is 280 g/mol. The summed E-state index contributed by atoms with van der Waals surface area (Å²) in [7, 11) is 0. The van der Waals surface area contributed by atoms with Crippen LogP contribution in [0, 0.1) is 5.92 Å². The fourth-order valence-corrected chi connectivity index (χ4v) is 3.91. The van der Waals surface area contributed by atoms with Gasteiger partial charge in [0.2, 0.25) is 0 Å². The lowest BCUT2D eigenvalue weighted by atomic mass is 9.91. The van der Waals surface area contributed by atoms with Gasteiger partial charge in [-0.05, 0) is 37.7 Å². The van der Waals surface area contributed by atoms with Gasteiger partial charge in [0, 0.05) is 32.4 Å². The summed E-state index contributed by atoms with van der Waals surface area (Å²) in [5.74, 6) is 1.67. The topological polar surface area (TPSA) is 58.6 Å². The van der Waals surface area contributed by atoms with E-state index in [9.17, 15) is 4.79 Å². The fourth-order valence-electron chi connectivity index (χ4n) is 3.91. The van der Waals surface area contributed by atoms with E-state index in [-0.39, 0.29) is 18.1 Å². The highest BCUT2D eigenvalue weighted by atomic mass is 16.5. The monoisotopic (exact) mass is 302 g/mol. The Hall–Kier alpha value is -1.69. The van der Waals surface area contributed by atoms with Crippen molar-refractivity contribution in [2.75, 3.05) is 31.1 Å². The maximum Gasteiger partial charge on any atom is 0.251 e. The number of piperidine rings is 1. The number of carbonyl (C=O) groups excluding carboxylic acids is 1. The first-order chi connectivity index (χ1) is 10.8. The van der Waals surface area contributed by atoms with Gasteiger partial charge in [-0.3, -0.25) is 4.79 Å². The summed E-state index contributed by atoms with van der Waals surface area (Å²) in [6.45, 7) is 3.61. The second-order valence-corrected chi connectivity index (χ2v) is 6.49. The minimum Gasteiger partial charge on any atom is -0.363 e. The Labute approximate surface area is 130 Å². The zero-order valence-corrected chi connectivity index (χ0v) is 12.7. The lowest BCUT2D eigenvalue weighted by Gasteiger charge is -2.34. The number of rotatable bonds is 2. The second-order valence-electron chi connectivity index (χ2n) is 6.49. The van der Waals surface area contributed by atoms with Gasteiger partial charge in [0.05, 0.1) is 6.10 Å². The number of nitrogens with zero attached hydrogens (tertiary/aromatic N) is 4. The van der Waals surface area contributed by atoms with Crippen LogP contribution in [0.4, 0.5) is 5.82 Å². The first-order valence-corrected chi connectivity index (χ1v) is 8.26.